The Bertz CT molecular complexity index is 440. The fourth-order valence-electron chi connectivity index (χ4n) is 4.31. The van der Waals surface area contributed by atoms with Gasteiger partial charge in [0, 0.05) is 44.3 Å². The molecule has 2 aliphatic rings. The first-order valence-electron chi connectivity index (χ1n) is 11.6. The number of ether oxygens (including phenoxy) is 1. The third-order valence-corrected chi connectivity index (χ3v) is 7.85. The molecule has 0 aromatic carbocycles. The normalized spacial score (nSPS) is 24.8. The number of hydrogen-bond donors (Lipinski definition) is 0. The van der Waals surface area contributed by atoms with E-state index in [0.717, 1.165) is 13.1 Å². The minimum atomic E-state index is -0.868. The SMILES string of the molecule is CCOP(OC)N(C(C)C)C(C)C.[B][C@H]1CN(C2CCCCCC2)C[C@@H](COOI)O1. The highest BCUT2D eigenvalue weighted by atomic mass is 127. The number of nitrogens with zero attached hydrogens (tertiary/aromatic N) is 2. The van der Waals surface area contributed by atoms with Gasteiger partial charge < -0.3 is 13.8 Å². The van der Waals surface area contributed by atoms with E-state index in [1.807, 2.05) is 6.92 Å². The highest BCUT2D eigenvalue weighted by Crippen LogP contribution is 2.44. The van der Waals surface area contributed by atoms with Gasteiger partial charge in [-0.2, -0.15) is 3.22 Å². The molecule has 0 aromatic heterocycles. The second kappa shape index (κ2) is 17.4. The van der Waals surface area contributed by atoms with E-state index in [-0.39, 0.29) is 12.1 Å². The third kappa shape index (κ3) is 11.8. The molecule has 0 aromatic rings. The van der Waals surface area contributed by atoms with E-state index in [0.29, 0.717) is 31.3 Å². The van der Waals surface area contributed by atoms with Crippen molar-refractivity contribution < 1.29 is 21.9 Å². The predicted molar refractivity (Wildman–Crippen MR) is 136 cm³/mol. The van der Waals surface area contributed by atoms with Crippen LogP contribution in [0.5, 0.6) is 0 Å². The van der Waals surface area contributed by atoms with Crippen LogP contribution >= 0.6 is 31.5 Å². The number of halogens is 1. The van der Waals surface area contributed by atoms with Gasteiger partial charge in [0.2, 0.25) is 0 Å². The van der Waals surface area contributed by atoms with Crippen LogP contribution < -0.4 is 0 Å². The summed E-state index contributed by atoms with van der Waals surface area (Å²) < 4.78 is 23.4. The number of hydrogen-bond acceptors (Lipinski definition) is 7. The predicted octanol–water partition coefficient (Wildman–Crippen LogP) is 5.22. The standard InChI is InChI=1S/C12H21BINO3.C9H22NO2P/c13-12-8-15(7-11(17-12)9-16-18-14)10-5-3-1-2-4-6-10;1-7-12-13(11-6)10(8(2)3)9(4)5/h10-12H,1-9H2;8-9H,7H2,1-6H3/t11-,12+;/m0./s1. The molecule has 1 aliphatic carbocycles. The minimum Gasteiger partial charge on any atom is -0.380 e. The summed E-state index contributed by atoms with van der Waals surface area (Å²) in [6.45, 7) is 13.5. The lowest BCUT2D eigenvalue weighted by molar-refractivity contribution is -0.207. The molecular weight excluding hydrogens is 529 g/mol. The number of rotatable bonds is 10. The maximum Gasteiger partial charge on any atom is 0.258 e. The summed E-state index contributed by atoms with van der Waals surface area (Å²) in [5, 5.41) is 0. The average Bonchev–Trinajstić information content (AvgIpc) is 3.01. The smallest absolute Gasteiger partial charge is 0.258 e. The van der Waals surface area contributed by atoms with Crippen LogP contribution in [-0.2, 0) is 21.9 Å². The molecule has 182 valence electrons. The van der Waals surface area contributed by atoms with Crippen molar-refractivity contribution in [3.05, 3.63) is 0 Å². The Morgan fingerprint density at radius 3 is 2.19 bits per heavy atom. The zero-order valence-electron chi connectivity index (χ0n) is 20.3. The lowest BCUT2D eigenvalue weighted by Crippen LogP contribution is -2.53. The molecule has 0 bridgehead atoms. The first kappa shape index (κ1) is 30.0. The molecule has 0 spiro atoms. The summed E-state index contributed by atoms with van der Waals surface area (Å²) in [6.07, 6.45) is 8.05. The Hall–Kier alpha value is 0.945. The van der Waals surface area contributed by atoms with E-state index in [1.54, 1.807) is 30.1 Å². The Balaban J connectivity index is 0.000000330. The maximum absolute atomic E-state index is 5.97. The van der Waals surface area contributed by atoms with Crippen molar-refractivity contribution in [3.8, 4) is 0 Å². The molecule has 1 saturated carbocycles. The summed E-state index contributed by atoms with van der Waals surface area (Å²) in [6, 6.07) is 1.38. The summed E-state index contributed by atoms with van der Waals surface area (Å²) in [4.78, 5) is 7.45. The quantitative estimate of drug-likeness (QED) is 0.0890. The molecule has 2 radical (unpaired) electrons. The highest BCUT2D eigenvalue weighted by Gasteiger charge is 2.30. The summed E-state index contributed by atoms with van der Waals surface area (Å²) in [7, 11) is 6.81. The average molecular weight is 572 g/mol. The topological polar surface area (TPSA) is 52.6 Å². The minimum absolute atomic E-state index is 0.0202. The van der Waals surface area contributed by atoms with Gasteiger partial charge in [-0.15, -0.1) is 0 Å². The lowest BCUT2D eigenvalue weighted by Gasteiger charge is -2.41. The van der Waals surface area contributed by atoms with Gasteiger partial charge in [-0.1, -0.05) is 25.7 Å². The lowest BCUT2D eigenvalue weighted by atomic mass is 9.95. The molecule has 1 heterocycles. The van der Waals surface area contributed by atoms with Crippen LogP contribution in [0.3, 0.4) is 0 Å². The first-order valence-corrected chi connectivity index (χ1v) is 13.7. The summed E-state index contributed by atoms with van der Waals surface area (Å²) in [5.74, 6) is 0. The fraction of sp³-hybridized carbons (Fsp3) is 1.00. The monoisotopic (exact) mass is 572 g/mol. The van der Waals surface area contributed by atoms with Crippen molar-refractivity contribution in [1.29, 1.82) is 0 Å². The van der Waals surface area contributed by atoms with Crippen LogP contribution in [0.1, 0.15) is 73.1 Å². The number of morpholine rings is 1. The maximum atomic E-state index is 5.97. The summed E-state index contributed by atoms with van der Waals surface area (Å²) in [5.41, 5.74) is 0. The molecule has 0 amide bonds. The molecule has 3 atom stereocenters. The zero-order chi connectivity index (χ0) is 23.2. The van der Waals surface area contributed by atoms with Crippen LogP contribution in [0.25, 0.3) is 0 Å². The molecule has 10 heteroatoms. The van der Waals surface area contributed by atoms with Crippen LogP contribution in [-0.4, -0.2) is 81.1 Å². The van der Waals surface area contributed by atoms with Crippen LogP contribution in [0.4, 0.5) is 0 Å². The third-order valence-electron chi connectivity index (χ3n) is 5.50. The van der Waals surface area contributed by atoms with Crippen molar-refractivity contribution >= 4 is 39.4 Å². The molecule has 2 fully saturated rings. The molecule has 1 saturated heterocycles. The second-order valence-corrected chi connectivity index (χ2v) is 10.6. The molecule has 7 nitrogen and oxygen atoms in total. The first-order chi connectivity index (χ1) is 14.8. The Kier molecular flexibility index (Phi) is 16.8. The van der Waals surface area contributed by atoms with E-state index in [1.165, 1.54) is 38.5 Å². The van der Waals surface area contributed by atoms with Gasteiger partial charge in [-0.3, -0.25) is 4.90 Å². The van der Waals surface area contributed by atoms with Crippen LogP contribution in [0, 0.1) is 0 Å². The molecule has 0 N–H and O–H groups in total. The van der Waals surface area contributed by atoms with Crippen molar-refractivity contribution in [1.82, 2.24) is 9.57 Å². The van der Waals surface area contributed by atoms with E-state index < -0.39 is 8.53 Å². The largest absolute Gasteiger partial charge is 0.380 e. The van der Waals surface area contributed by atoms with E-state index in [2.05, 4.69) is 40.5 Å². The van der Waals surface area contributed by atoms with Crippen LogP contribution in [0.15, 0.2) is 0 Å². The highest BCUT2D eigenvalue weighted by molar-refractivity contribution is 14.1. The van der Waals surface area contributed by atoms with Crippen molar-refractivity contribution in [2.24, 2.45) is 0 Å². The van der Waals surface area contributed by atoms with E-state index >= 15 is 0 Å². The van der Waals surface area contributed by atoms with Gasteiger partial charge >= 0.3 is 0 Å². The van der Waals surface area contributed by atoms with Gasteiger partial charge in [0.05, 0.1) is 12.7 Å². The van der Waals surface area contributed by atoms with Gasteiger partial charge in [0.15, 0.2) is 23.0 Å². The molecule has 1 aliphatic heterocycles. The second-order valence-electron chi connectivity index (χ2n) is 8.65. The summed E-state index contributed by atoms with van der Waals surface area (Å²) >= 11 is 1.72. The zero-order valence-corrected chi connectivity index (χ0v) is 23.3. The fourth-order valence-corrected chi connectivity index (χ4v) is 5.86. The Labute approximate surface area is 207 Å². The van der Waals surface area contributed by atoms with Gasteiger partial charge in [-0.05, 0) is 47.5 Å². The van der Waals surface area contributed by atoms with Crippen molar-refractivity contribution in [3.63, 3.8) is 0 Å². The molecule has 2 rings (SSSR count). The van der Waals surface area contributed by atoms with E-state index in [4.69, 9.17) is 26.5 Å². The van der Waals surface area contributed by atoms with Crippen LogP contribution in [0.2, 0.25) is 0 Å². The Morgan fingerprint density at radius 2 is 1.71 bits per heavy atom. The Morgan fingerprint density at radius 1 is 1.10 bits per heavy atom. The van der Waals surface area contributed by atoms with E-state index in [9.17, 15) is 0 Å². The van der Waals surface area contributed by atoms with Gasteiger partial charge in [0.1, 0.15) is 14.5 Å². The van der Waals surface area contributed by atoms with Crippen molar-refractivity contribution in [2.75, 3.05) is 33.4 Å². The molecule has 1 unspecified atom stereocenters. The molecular formula is C21H43BIN2O5P. The van der Waals surface area contributed by atoms with Gasteiger partial charge in [-0.25, -0.2) is 9.56 Å². The van der Waals surface area contributed by atoms with Gasteiger partial charge in [0.25, 0.3) is 8.53 Å². The molecule has 31 heavy (non-hydrogen) atoms. The van der Waals surface area contributed by atoms with Crippen molar-refractivity contribution in [2.45, 2.75) is 103 Å².